The van der Waals surface area contributed by atoms with Crippen LogP contribution in [-0.2, 0) is 0 Å². The third-order valence-corrected chi connectivity index (χ3v) is 1.99. The lowest BCUT2D eigenvalue weighted by Crippen LogP contribution is -2.00. The molecule has 2 rings (SSSR count). The van der Waals surface area contributed by atoms with E-state index in [-0.39, 0.29) is 0 Å². The Morgan fingerprint density at radius 3 is 2.77 bits per heavy atom. The number of aromatic nitrogens is 4. The van der Waals surface area contributed by atoms with Crippen LogP contribution in [-0.4, -0.2) is 19.5 Å². The van der Waals surface area contributed by atoms with Crippen LogP contribution in [0.3, 0.4) is 0 Å². The van der Waals surface area contributed by atoms with E-state index in [2.05, 4.69) is 28.8 Å². The molecule has 0 saturated carbocycles. The van der Waals surface area contributed by atoms with Crippen molar-refractivity contribution in [2.75, 3.05) is 0 Å². The number of hydrogen-bond acceptors (Lipinski definition) is 3. The van der Waals surface area contributed by atoms with E-state index in [1.54, 1.807) is 6.20 Å². The number of nitrogens with zero attached hydrogens (tertiary/aromatic N) is 4. The largest absolute Gasteiger partial charge is 0.313 e. The van der Waals surface area contributed by atoms with Crippen molar-refractivity contribution in [3.63, 3.8) is 0 Å². The van der Waals surface area contributed by atoms with Gasteiger partial charge in [-0.15, -0.1) is 0 Å². The Labute approximate surface area is 76.7 Å². The molecule has 13 heavy (non-hydrogen) atoms. The fourth-order valence-corrected chi connectivity index (χ4v) is 1.29. The summed E-state index contributed by atoms with van der Waals surface area (Å²) in [5.74, 6) is 0.787. The first-order valence-corrected chi connectivity index (χ1v) is 4.34. The molecule has 0 aliphatic heterocycles. The van der Waals surface area contributed by atoms with Gasteiger partial charge in [-0.3, -0.25) is 0 Å². The topological polar surface area (TPSA) is 43.6 Å². The van der Waals surface area contributed by atoms with E-state index in [1.807, 2.05) is 17.8 Å². The molecule has 0 fully saturated rings. The molecule has 0 atom stereocenters. The molecule has 0 bridgehead atoms. The van der Waals surface area contributed by atoms with Crippen LogP contribution in [0.5, 0.6) is 0 Å². The van der Waals surface area contributed by atoms with Gasteiger partial charge in [0.25, 0.3) is 0 Å². The minimum Gasteiger partial charge on any atom is -0.313 e. The van der Waals surface area contributed by atoms with Gasteiger partial charge in [-0.05, 0) is 20.8 Å². The van der Waals surface area contributed by atoms with E-state index >= 15 is 0 Å². The molecule has 4 heteroatoms. The van der Waals surface area contributed by atoms with E-state index in [9.17, 15) is 0 Å². The molecule has 0 aliphatic rings. The van der Waals surface area contributed by atoms with Crippen LogP contribution >= 0.6 is 0 Å². The van der Waals surface area contributed by atoms with Crippen LogP contribution in [0, 0.1) is 6.92 Å². The molecule has 0 N–H and O–H groups in total. The maximum absolute atomic E-state index is 4.35. The van der Waals surface area contributed by atoms with Crippen molar-refractivity contribution in [1.29, 1.82) is 0 Å². The van der Waals surface area contributed by atoms with E-state index < -0.39 is 0 Å². The van der Waals surface area contributed by atoms with E-state index in [0.29, 0.717) is 6.04 Å². The highest BCUT2D eigenvalue weighted by atomic mass is 15.1. The lowest BCUT2D eigenvalue weighted by Gasteiger charge is -2.06. The second-order valence-corrected chi connectivity index (χ2v) is 3.37. The normalized spacial score (nSPS) is 11.4. The SMILES string of the molecule is Cc1ncc2ncn(C(C)C)c2n1. The zero-order valence-corrected chi connectivity index (χ0v) is 8.02. The van der Waals surface area contributed by atoms with Crippen LogP contribution in [0.2, 0.25) is 0 Å². The smallest absolute Gasteiger partial charge is 0.163 e. The molecule has 0 saturated heterocycles. The van der Waals surface area contributed by atoms with Crippen LogP contribution < -0.4 is 0 Å². The zero-order valence-electron chi connectivity index (χ0n) is 8.02. The van der Waals surface area contributed by atoms with Gasteiger partial charge in [0.2, 0.25) is 0 Å². The number of hydrogen-bond donors (Lipinski definition) is 0. The Morgan fingerprint density at radius 2 is 2.08 bits per heavy atom. The Morgan fingerprint density at radius 1 is 1.31 bits per heavy atom. The Bertz CT molecular complexity index is 430. The first-order valence-electron chi connectivity index (χ1n) is 4.34. The number of aryl methyl sites for hydroxylation is 1. The molecule has 2 aromatic heterocycles. The minimum atomic E-state index is 0.388. The molecule has 0 spiro atoms. The number of imidazole rings is 1. The Balaban J connectivity index is 2.71. The monoisotopic (exact) mass is 176 g/mol. The molecular weight excluding hydrogens is 164 g/mol. The molecule has 0 radical (unpaired) electrons. The Hall–Kier alpha value is -1.45. The summed E-state index contributed by atoms with van der Waals surface area (Å²) in [6.07, 6.45) is 3.57. The van der Waals surface area contributed by atoms with Crippen molar-refractivity contribution in [1.82, 2.24) is 19.5 Å². The van der Waals surface area contributed by atoms with Crippen molar-refractivity contribution in [2.45, 2.75) is 26.8 Å². The van der Waals surface area contributed by atoms with Crippen molar-refractivity contribution in [3.05, 3.63) is 18.3 Å². The molecular formula is C9H12N4. The van der Waals surface area contributed by atoms with Gasteiger partial charge in [-0.25, -0.2) is 15.0 Å². The maximum atomic E-state index is 4.35. The van der Waals surface area contributed by atoms with E-state index in [0.717, 1.165) is 17.0 Å². The highest BCUT2D eigenvalue weighted by Crippen LogP contribution is 2.13. The second kappa shape index (κ2) is 2.80. The molecule has 4 nitrogen and oxygen atoms in total. The van der Waals surface area contributed by atoms with E-state index in [1.165, 1.54) is 0 Å². The van der Waals surface area contributed by atoms with Gasteiger partial charge in [-0.2, -0.15) is 0 Å². The molecule has 2 heterocycles. The summed E-state index contributed by atoms with van der Waals surface area (Å²) in [7, 11) is 0. The van der Waals surface area contributed by atoms with Crippen LogP contribution in [0.4, 0.5) is 0 Å². The standard InChI is InChI=1S/C9H12N4/c1-6(2)13-5-11-8-4-10-7(3)12-9(8)13/h4-6H,1-3H3. The van der Waals surface area contributed by atoms with Crippen molar-refractivity contribution in [3.8, 4) is 0 Å². The molecule has 68 valence electrons. The first-order chi connectivity index (χ1) is 6.18. The quantitative estimate of drug-likeness (QED) is 0.664. The zero-order chi connectivity index (χ0) is 9.42. The van der Waals surface area contributed by atoms with Gasteiger partial charge in [0.1, 0.15) is 11.3 Å². The van der Waals surface area contributed by atoms with Gasteiger partial charge in [0.05, 0.1) is 12.5 Å². The third kappa shape index (κ3) is 1.28. The van der Waals surface area contributed by atoms with E-state index in [4.69, 9.17) is 0 Å². The second-order valence-electron chi connectivity index (χ2n) is 3.37. The van der Waals surface area contributed by atoms with Gasteiger partial charge >= 0.3 is 0 Å². The molecule has 0 aliphatic carbocycles. The average Bonchev–Trinajstić information content (AvgIpc) is 2.46. The van der Waals surface area contributed by atoms with Crippen LogP contribution in [0.15, 0.2) is 12.5 Å². The number of fused-ring (bicyclic) bond motifs is 1. The molecule has 0 unspecified atom stereocenters. The Kier molecular flexibility index (Phi) is 1.76. The highest BCUT2D eigenvalue weighted by Gasteiger charge is 2.06. The summed E-state index contributed by atoms with van der Waals surface area (Å²) in [5.41, 5.74) is 1.78. The molecule has 0 aromatic carbocycles. The maximum Gasteiger partial charge on any atom is 0.163 e. The summed E-state index contributed by atoms with van der Waals surface area (Å²) in [5, 5.41) is 0. The van der Waals surface area contributed by atoms with Gasteiger partial charge in [0, 0.05) is 6.04 Å². The fraction of sp³-hybridized carbons (Fsp3) is 0.444. The molecule has 2 aromatic rings. The predicted molar refractivity (Wildman–Crippen MR) is 50.4 cm³/mol. The summed E-state index contributed by atoms with van der Waals surface area (Å²) in [6.45, 7) is 6.11. The van der Waals surface area contributed by atoms with Crippen LogP contribution in [0.1, 0.15) is 25.7 Å². The van der Waals surface area contributed by atoms with Crippen LogP contribution in [0.25, 0.3) is 11.2 Å². The van der Waals surface area contributed by atoms with Crippen molar-refractivity contribution >= 4 is 11.2 Å². The molecule has 0 amide bonds. The highest BCUT2D eigenvalue weighted by molar-refractivity contribution is 5.69. The van der Waals surface area contributed by atoms with Gasteiger partial charge in [-0.1, -0.05) is 0 Å². The lowest BCUT2D eigenvalue weighted by molar-refractivity contribution is 0.612. The predicted octanol–water partition coefficient (Wildman–Crippen LogP) is 1.72. The summed E-state index contributed by atoms with van der Waals surface area (Å²) >= 11 is 0. The number of rotatable bonds is 1. The van der Waals surface area contributed by atoms with Gasteiger partial charge in [0.15, 0.2) is 5.65 Å². The summed E-state index contributed by atoms with van der Waals surface area (Å²) in [6, 6.07) is 0.388. The van der Waals surface area contributed by atoms with Crippen molar-refractivity contribution < 1.29 is 0 Å². The van der Waals surface area contributed by atoms with Crippen molar-refractivity contribution in [2.24, 2.45) is 0 Å². The fourth-order valence-electron chi connectivity index (χ4n) is 1.29. The minimum absolute atomic E-state index is 0.388. The third-order valence-electron chi connectivity index (χ3n) is 1.99. The summed E-state index contributed by atoms with van der Waals surface area (Å²) in [4.78, 5) is 12.7. The summed E-state index contributed by atoms with van der Waals surface area (Å²) < 4.78 is 2.05. The van der Waals surface area contributed by atoms with Gasteiger partial charge < -0.3 is 4.57 Å². The average molecular weight is 176 g/mol. The first kappa shape index (κ1) is 8.16. The lowest BCUT2D eigenvalue weighted by atomic mass is 10.4.